The fourth-order valence-corrected chi connectivity index (χ4v) is 2.57. The zero-order valence-electron chi connectivity index (χ0n) is 11.6. The Hall–Kier alpha value is -1.54. The van der Waals surface area contributed by atoms with Crippen LogP contribution in [-0.4, -0.2) is 21.3 Å². The van der Waals surface area contributed by atoms with Crippen molar-refractivity contribution in [1.82, 2.24) is 20.1 Å². The van der Waals surface area contributed by atoms with Gasteiger partial charge in [-0.3, -0.25) is 0 Å². The van der Waals surface area contributed by atoms with Crippen molar-refractivity contribution in [3.05, 3.63) is 35.7 Å². The third kappa shape index (κ3) is 3.98. The largest absolute Gasteiger partial charge is 0.416 e. The second-order valence-corrected chi connectivity index (χ2v) is 5.46. The number of halogens is 3. The zero-order valence-corrected chi connectivity index (χ0v) is 12.4. The number of benzene rings is 1. The van der Waals surface area contributed by atoms with Crippen LogP contribution < -0.4 is 5.32 Å². The van der Waals surface area contributed by atoms with E-state index in [1.165, 1.54) is 12.4 Å². The van der Waals surface area contributed by atoms with E-state index in [0.29, 0.717) is 16.6 Å². The first-order valence-corrected chi connectivity index (χ1v) is 7.16. The summed E-state index contributed by atoms with van der Waals surface area (Å²) in [5, 5.41) is 11.0. The van der Waals surface area contributed by atoms with E-state index in [4.69, 9.17) is 0 Å². The Morgan fingerprint density at radius 1 is 1.33 bits per heavy atom. The van der Waals surface area contributed by atoms with Crippen LogP contribution in [0.1, 0.15) is 18.1 Å². The van der Waals surface area contributed by atoms with E-state index < -0.39 is 11.7 Å². The lowest BCUT2D eigenvalue weighted by Crippen LogP contribution is -2.17. The van der Waals surface area contributed by atoms with Crippen molar-refractivity contribution in [2.75, 3.05) is 6.54 Å². The van der Waals surface area contributed by atoms with E-state index in [-0.39, 0.29) is 12.1 Å². The first-order chi connectivity index (χ1) is 9.91. The molecule has 0 aliphatic heterocycles. The topological polar surface area (TPSA) is 42.7 Å². The molecule has 2 aromatic rings. The number of nitrogens with zero attached hydrogens (tertiary/aromatic N) is 3. The molecule has 4 nitrogen and oxygen atoms in total. The first-order valence-electron chi connectivity index (χ1n) is 6.34. The monoisotopic (exact) mass is 316 g/mol. The molecule has 8 heteroatoms. The minimum Gasteiger partial charge on any atom is -0.313 e. The van der Waals surface area contributed by atoms with Crippen LogP contribution in [0, 0.1) is 0 Å². The van der Waals surface area contributed by atoms with Crippen LogP contribution in [0.4, 0.5) is 13.2 Å². The predicted molar refractivity (Wildman–Crippen MR) is 74.0 cm³/mol. The maximum absolute atomic E-state index is 13.1. The van der Waals surface area contributed by atoms with Crippen molar-refractivity contribution in [1.29, 1.82) is 0 Å². The minimum atomic E-state index is -4.37. The standard InChI is InChI=1S/C13H15F3N4S/c1-3-17-7-9-4-5-10(6-11(9)13(14,15)16)21-12-19-18-8-20(12)2/h4-6,8,17H,3,7H2,1-2H3. The smallest absolute Gasteiger partial charge is 0.313 e. The molecule has 0 aliphatic carbocycles. The Balaban J connectivity index is 2.30. The molecule has 0 aliphatic rings. The van der Waals surface area contributed by atoms with E-state index in [1.54, 1.807) is 17.7 Å². The second-order valence-electron chi connectivity index (χ2n) is 4.42. The van der Waals surface area contributed by atoms with Crippen LogP contribution in [-0.2, 0) is 19.8 Å². The van der Waals surface area contributed by atoms with Gasteiger partial charge in [-0.05, 0) is 36.0 Å². The van der Waals surface area contributed by atoms with Gasteiger partial charge in [0.2, 0.25) is 0 Å². The number of hydrogen-bond acceptors (Lipinski definition) is 4. The van der Waals surface area contributed by atoms with Crippen molar-refractivity contribution < 1.29 is 13.2 Å². The van der Waals surface area contributed by atoms with Gasteiger partial charge in [0.15, 0.2) is 5.16 Å². The van der Waals surface area contributed by atoms with Crippen molar-refractivity contribution in [2.45, 2.75) is 29.7 Å². The molecule has 0 saturated heterocycles. The molecular formula is C13H15F3N4S. The van der Waals surface area contributed by atoms with Crippen LogP contribution in [0.2, 0.25) is 0 Å². The summed E-state index contributed by atoms with van der Waals surface area (Å²) in [5.41, 5.74) is -0.373. The third-order valence-corrected chi connectivity index (χ3v) is 3.87. The summed E-state index contributed by atoms with van der Waals surface area (Å²) in [5.74, 6) is 0. The fraction of sp³-hybridized carbons (Fsp3) is 0.385. The number of alkyl halides is 3. The third-order valence-electron chi connectivity index (χ3n) is 2.83. The molecule has 0 saturated carbocycles. The fourth-order valence-electron chi connectivity index (χ4n) is 1.77. The maximum Gasteiger partial charge on any atom is 0.416 e. The summed E-state index contributed by atoms with van der Waals surface area (Å²) < 4.78 is 41.1. The molecule has 0 amide bonds. The predicted octanol–water partition coefficient (Wildman–Crippen LogP) is 3.09. The zero-order chi connectivity index (χ0) is 15.5. The molecule has 0 fully saturated rings. The summed E-state index contributed by atoms with van der Waals surface area (Å²) in [6, 6.07) is 4.33. The minimum absolute atomic E-state index is 0.195. The van der Waals surface area contributed by atoms with Gasteiger partial charge in [0.25, 0.3) is 0 Å². The van der Waals surface area contributed by atoms with E-state index in [9.17, 15) is 13.2 Å². The summed E-state index contributed by atoms with van der Waals surface area (Å²) in [7, 11) is 1.74. The lowest BCUT2D eigenvalue weighted by atomic mass is 10.1. The van der Waals surface area contributed by atoms with E-state index in [1.807, 2.05) is 6.92 Å². The molecule has 114 valence electrons. The Labute approximate surface area is 124 Å². The highest BCUT2D eigenvalue weighted by atomic mass is 32.2. The summed E-state index contributed by atoms with van der Waals surface area (Å²) >= 11 is 1.15. The van der Waals surface area contributed by atoms with Gasteiger partial charge in [-0.25, -0.2) is 0 Å². The number of nitrogens with one attached hydrogen (secondary N) is 1. The molecule has 0 radical (unpaired) electrons. The second kappa shape index (κ2) is 6.48. The van der Waals surface area contributed by atoms with Crippen LogP contribution in [0.5, 0.6) is 0 Å². The highest BCUT2D eigenvalue weighted by Gasteiger charge is 2.33. The highest BCUT2D eigenvalue weighted by molar-refractivity contribution is 7.99. The Morgan fingerprint density at radius 2 is 2.10 bits per heavy atom. The van der Waals surface area contributed by atoms with E-state index in [2.05, 4.69) is 15.5 Å². The van der Waals surface area contributed by atoms with Gasteiger partial charge in [0.1, 0.15) is 6.33 Å². The molecule has 0 unspecified atom stereocenters. The van der Waals surface area contributed by atoms with Crippen LogP contribution in [0.25, 0.3) is 0 Å². The van der Waals surface area contributed by atoms with Crippen LogP contribution >= 0.6 is 11.8 Å². The molecule has 2 rings (SSSR count). The Morgan fingerprint density at radius 3 is 2.67 bits per heavy atom. The quantitative estimate of drug-likeness (QED) is 0.920. The first kappa shape index (κ1) is 15.8. The molecule has 1 aromatic carbocycles. The van der Waals surface area contributed by atoms with E-state index in [0.717, 1.165) is 17.8 Å². The number of aryl methyl sites for hydroxylation is 1. The van der Waals surface area contributed by atoms with Crippen molar-refractivity contribution >= 4 is 11.8 Å². The average molecular weight is 316 g/mol. The van der Waals surface area contributed by atoms with Crippen molar-refractivity contribution in [3.63, 3.8) is 0 Å². The molecule has 21 heavy (non-hydrogen) atoms. The van der Waals surface area contributed by atoms with Gasteiger partial charge in [-0.1, -0.05) is 13.0 Å². The molecule has 1 aromatic heterocycles. The van der Waals surface area contributed by atoms with Crippen molar-refractivity contribution in [3.8, 4) is 0 Å². The van der Waals surface area contributed by atoms with E-state index >= 15 is 0 Å². The molecule has 1 heterocycles. The number of hydrogen-bond donors (Lipinski definition) is 1. The lowest BCUT2D eigenvalue weighted by molar-refractivity contribution is -0.138. The van der Waals surface area contributed by atoms with Gasteiger partial charge in [-0.15, -0.1) is 10.2 Å². The van der Waals surface area contributed by atoms with Gasteiger partial charge < -0.3 is 9.88 Å². The lowest BCUT2D eigenvalue weighted by Gasteiger charge is -2.14. The Bertz CT molecular complexity index is 610. The number of aromatic nitrogens is 3. The summed E-state index contributed by atoms with van der Waals surface area (Å²) in [6.45, 7) is 2.67. The SMILES string of the molecule is CCNCc1ccc(Sc2nncn2C)cc1C(F)(F)F. The van der Waals surface area contributed by atoms with Crippen LogP contribution in [0.15, 0.2) is 34.6 Å². The molecular weight excluding hydrogens is 301 g/mol. The average Bonchev–Trinajstić information content (AvgIpc) is 2.82. The van der Waals surface area contributed by atoms with Gasteiger partial charge in [0.05, 0.1) is 5.56 Å². The van der Waals surface area contributed by atoms with Gasteiger partial charge in [-0.2, -0.15) is 13.2 Å². The Kier molecular flexibility index (Phi) is 4.89. The number of rotatable bonds is 5. The highest BCUT2D eigenvalue weighted by Crippen LogP contribution is 2.36. The normalized spacial score (nSPS) is 11.9. The molecule has 0 atom stereocenters. The summed E-state index contributed by atoms with van der Waals surface area (Å²) in [4.78, 5) is 0.485. The molecule has 1 N–H and O–H groups in total. The van der Waals surface area contributed by atoms with Crippen LogP contribution in [0.3, 0.4) is 0 Å². The summed E-state index contributed by atoms with van der Waals surface area (Å²) in [6.07, 6.45) is -2.87. The van der Waals surface area contributed by atoms with Crippen molar-refractivity contribution in [2.24, 2.45) is 7.05 Å². The molecule has 0 bridgehead atoms. The maximum atomic E-state index is 13.1. The van der Waals surface area contributed by atoms with Gasteiger partial charge in [0, 0.05) is 18.5 Å². The van der Waals surface area contributed by atoms with Gasteiger partial charge >= 0.3 is 6.18 Å². The molecule has 0 spiro atoms.